The fourth-order valence-corrected chi connectivity index (χ4v) is 0.361. The number of ketones is 1. The van der Waals surface area contributed by atoms with Crippen LogP contribution in [0.15, 0.2) is 12.7 Å². The molecule has 0 rings (SSSR count). The molecule has 0 saturated heterocycles. The van der Waals surface area contributed by atoms with Gasteiger partial charge in [-0.2, -0.15) is 0 Å². The van der Waals surface area contributed by atoms with Crippen molar-refractivity contribution < 1.29 is 4.79 Å². The van der Waals surface area contributed by atoms with Crippen LogP contribution in [0.5, 0.6) is 0 Å². The van der Waals surface area contributed by atoms with E-state index in [2.05, 4.69) is 18.4 Å². The van der Waals surface area contributed by atoms with Crippen molar-refractivity contribution in [2.24, 2.45) is 0 Å². The Bertz CT molecular complexity index is 157. The molecule has 1 nitrogen and oxygen atoms in total. The number of carbonyl (C=O) groups is 1. The van der Waals surface area contributed by atoms with E-state index in [-0.39, 0.29) is 5.78 Å². The Morgan fingerprint density at radius 1 is 1.78 bits per heavy atom. The zero-order valence-corrected chi connectivity index (χ0v) is 5.61. The average molecular weight is 122 g/mol. The van der Waals surface area contributed by atoms with Crippen LogP contribution in [0.3, 0.4) is 0 Å². The molecule has 0 radical (unpaired) electrons. The maximum absolute atomic E-state index is 10.2. The Morgan fingerprint density at radius 2 is 2.44 bits per heavy atom. The lowest BCUT2D eigenvalue weighted by molar-refractivity contribution is -0.111. The molecule has 0 N–H and O–H groups in total. The highest BCUT2D eigenvalue weighted by Crippen LogP contribution is 1.84. The van der Waals surface area contributed by atoms with Gasteiger partial charge in [0.2, 0.25) is 5.78 Å². The minimum absolute atomic E-state index is 0.0703. The van der Waals surface area contributed by atoms with Gasteiger partial charge in [0, 0.05) is 13.3 Å². The standard InChI is InChI=1S/C8H10O/c1-3-4-5-6-7-8(2)9/h3H,1,4-5H2,2H3. The molecule has 0 fully saturated rings. The molecule has 0 aliphatic rings. The summed E-state index contributed by atoms with van der Waals surface area (Å²) in [4.78, 5) is 10.2. The summed E-state index contributed by atoms with van der Waals surface area (Å²) in [7, 11) is 0. The van der Waals surface area contributed by atoms with Gasteiger partial charge in [-0.05, 0) is 12.3 Å². The largest absolute Gasteiger partial charge is 0.285 e. The molecule has 0 aromatic rings. The van der Waals surface area contributed by atoms with Gasteiger partial charge in [0.15, 0.2) is 0 Å². The molecule has 9 heavy (non-hydrogen) atoms. The van der Waals surface area contributed by atoms with Crippen molar-refractivity contribution in [1.82, 2.24) is 0 Å². The maximum Gasteiger partial charge on any atom is 0.202 e. The second-order valence-electron chi connectivity index (χ2n) is 1.69. The quantitative estimate of drug-likeness (QED) is 0.235. The summed E-state index contributed by atoms with van der Waals surface area (Å²) in [5, 5.41) is 0. The third-order valence-corrected chi connectivity index (χ3v) is 0.738. The van der Waals surface area contributed by atoms with Crippen molar-refractivity contribution in [3.05, 3.63) is 12.7 Å². The number of hydrogen-bond acceptors (Lipinski definition) is 1. The molecule has 0 amide bonds. The van der Waals surface area contributed by atoms with Crippen molar-refractivity contribution in [1.29, 1.82) is 0 Å². The highest BCUT2D eigenvalue weighted by atomic mass is 16.1. The molecule has 0 aliphatic heterocycles. The van der Waals surface area contributed by atoms with Crippen molar-refractivity contribution in [3.8, 4) is 11.8 Å². The Morgan fingerprint density at radius 3 is 2.89 bits per heavy atom. The van der Waals surface area contributed by atoms with Crippen LogP contribution < -0.4 is 0 Å². The van der Waals surface area contributed by atoms with Crippen LogP contribution in [0, 0.1) is 11.8 Å². The van der Waals surface area contributed by atoms with Gasteiger partial charge >= 0.3 is 0 Å². The zero-order valence-electron chi connectivity index (χ0n) is 5.61. The molecule has 0 atom stereocenters. The first-order chi connectivity index (χ1) is 4.27. The summed E-state index contributed by atoms with van der Waals surface area (Å²) in [6.07, 6.45) is 3.39. The minimum atomic E-state index is -0.0703. The van der Waals surface area contributed by atoms with Crippen LogP contribution in [-0.4, -0.2) is 5.78 Å². The Balaban J connectivity index is 3.37. The lowest BCUT2D eigenvalue weighted by Crippen LogP contribution is -1.79. The Kier molecular flexibility index (Phi) is 4.53. The first-order valence-electron chi connectivity index (χ1n) is 2.87. The Hall–Kier alpha value is -1.03. The van der Waals surface area contributed by atoms with E-state index in [1.54, 1.807) is 6.08 Å². The lowest BCUT2D eigenvalue weighted by Gasteiger charge is -1.77. The van der Waals surface area contributed by atoms with Gasteiger partial charge in [0.05, 0.1) is 0 Å². The maximum atomic E-state index is 10.2. The van der Waals surface area contributed by atoms with E-state index in [9.17, 15) is 4.79 Å². The smallest absolute Gasteiger partial charge is 0.202 e. The molecule has 0 aliphatic carbocycles. The molecule has 0 aromatic heterocycles. The summed E-state index contributed by atoms with van der Waals surface area (Å²) in [6.45, 7) is 4.98. The third-order valence-electron chi connectivity index (χ3n) is 0.738. The highest BCUT2D eigenvalue weighted by Gasteiger charge is 1.77. The predicted molar refractivity (Wildman–Crippen MR) is 37.9 cm³/mol. The second-order valence-corrected chi connectivity index (χ2v) is 1.69. The molecule has 1 heteroatoms. The summed E-state index contributed by atoms with van der Waals surface area (Å²) in [5.41, 5.74) is 0. The van der Waals surface area contributed by atoms with Crippen molar-refractivity contribution in [2.45, 2.75) is 19.8 Å². The van der Waals surface area contributed by atoms with E-state index < -0.39 is 0 Å². The first kappa shape index (κ1) is 7.97. The number of unbranched alkanes of at least 4 members (excludes halogenated alkanes) is 1. The highest BCUT2D eigenvalue weighted by molar-refractivity contribution is 5.93. The third kappa shape index (κ3) is 6.97. The SMILES string of the molecule is C=CCCC#CC(C)=O. The van der Waals surface area contributed by atoms with Crippen LogP contribution in [0.4, 0.5) is 0 Å². The minimum Gasteiger partial charge on any atom is -0.285 e. The number of hydrogen-bond donors (Lipinski definition) is 0. The van der Waals surface area contributed by atoms with Crippen molar-refractivity contribution >= 4 is 5.78 Å². The van der Waals surface area contributed by atoms with Gasteiger partial charge in [0.1, 0.15) is 0 Å². The molecule has 0 saturated carbocycles. The molecule has 48 valence electrons. The zero-order chi connectivity index (χ0) is 7.11. The van der Waals surface area contributed by atoms with E-state index in [1.165, 1.54) is 6.92 Å². The first-order valence-corrected chi connectivity index (χ1v) is 2.87. The van der Waals surface area contributed by atoms with Crippen molar-refractivity contribution in [2.75, 3.05) is 0 Å². The fraction of sp³-hybridized carbons (Fsp3) is 0.375. The summed E-state index contributed by atoms with van der Waals surface area (Å²) in [6, 6.07) is 0. The van der Waals surface area contributed by atoms with Crippen LogP contribution >= 0.6 is 0 Å². The predicted octanol–water partition coefficient (Wildman–Crippen LogP) is 1.55. The topological polar surface area (TPSA) is 17.1 Å². The Labute approximate surface area is 55.8 Å². The van der Waals surface area contributed by atoms with E-state index in [4.69, 9.17) is 0 Å². The molecule has 0 heterocycles. The van der Waals surface area contributed by atoms with Gasteiger partial charge in [0.25, 0.3) is 0 Å². The fourth-order valence-electron chi connectivity index (χ4n) is 0.361. The van der Waals surface area contributed by atoms with Gasteiger partial charge in [-0.1, -0.05) is 12.0 Å². The van der Waals surface area contributed by atoms with Crippen LogP contribution in [0.2, 0.25) is 0 Å². The summed E-state index contributed by atoms with van der Waals surface area (Å²) >= 11 is 0. The van der Waals surface area contributed by atoms with E-state index in [1.807, 2.05) is 0 Å². The normalized spacial score (nSPS) is 7.22. The van der Waals surface area contributed by atoms with E-state index in [0.717, 1.165) is 12.8 Å². The molecule has 0 unspecified atom stereocenters. The van der Waals surface area contributed by atoms with Gasteiger partial charge in [-0.15, -0.1) is 6.58 Å². The molecule has 0 bridgehead atoms. The number of Topliss-reactive ketones (excluding diaryl/α,β-unsaturated/α-hetero) is 1. The second kappa shape index (κ2) is 5.11. The molecular formula is C8H10O. The van der Waals surface area contributed by atoms with Gasteiger partial charge in [-0.25, -0.2) is 0 Å². The van der Waals surface area contributed by atoms with Crippen LogP contribution in [0.25, 0.3) is 0 Å². The summed E-state index contributed by atoms with van der Waals surface area (Å²) < 4.78 is 0. The van der Waals surface area contributed by atoms with Gasteiger partial charge in [-0.3, -0.25) is 4.79 Å². The van der Waals surface area contributed by atoms with E-state index >= 15 is 0 Å². The van der Waals surface area contributed by atoms with Crippen LogP contribution in [-0.2, 0) is 4.79 Å². The average Bonchev–Trinajstić information content (AvgIpc) is 1.80. The van der Waals surface area contributed by atoms with Gasteiger partial charge < -0.3 is 0 Å². The van der Waals surface area contributed by atoms with Crippen LogP contribution in [0.1, 0.15) is 19.8 Å². The van der Waals surface area contributed by atoms with Crippen molar-refractivity contribution in [3.63, 3.8) is 0 Å². The lowest BCUT2D eigenvalue weighted by atomic mass is 10.3. The molecule has 0 spiro atoms. The number of carbonyl (C=O) groups excluding carboxylic acids is 1. The van der Waals surface area contributed by atoms with E-state index in [0.29, 0.717) is 0 Å². The monoisotopic (exact) mass is 122 g/mol. The summed E-state index contributed by atoms with van der Waals surface area (Å²) in [5.74, 6) is 5.09. The number of rotatable bonds is 2. The molecular weight excluding hydrogens is 112 g/mol. The molecule has 0 aromatic carbocycles. The number of allylic oxidation sites excluding steroid dienone is 1.